The SMILES string of the molecule is CCOC(=O)C1=C(CN2CCN(C(=O)c3cccc(F)c3)C(C)C2)N(C)C(=O)NC1c1ccccc1C. The molecule has 2 aliphatic heterocycles. The summed E-state index contributed by atoms with van der Waals surface area (Å²) in [6.07, 6.45) is 0. The third-order valence-electron chi connectivity index (χ3n) is 6.99. The maximum atomic E-state index is 13.7. The molecule has 2 aromatic rings. The van der Waals surface area contributed by atoms with Gasteiger partial charge >= 0.3 is 12.0 Å². The van der Waals surface area contributed by atoms with Gasteiger partial charge in [0.15, 0.2) is 0 Å². The molecule has 1 fully saturated rings. The highest BCUT2D eigenvalue weighted by Crippen LogP contribution is 2.33. The second kappa shape index (κ2) is 11.1. The number of piperazine rings is 1. The molecule has 2 atom stereocenters. The van der Waals surface area contributed by atoms with Crippen molar-refractivity contribution in [3.63, 3.8) is 0 Å². The minimum atomic E-state index is -0.632. The zero-order chi connectivity index (χ0) is 26.7. The number of amides is 3. The molecular weight excluding hydrogens is 475 g/mol. The second-order valence-corrected chi connectivity index (χ2v) is 9.47. The molecule has 196 valence electrons. The Morgan fingerprint density at radius 2 is 1.89 bits per heavy atom. The lowest BCUT2D eigenvalue weighted by atomic mass is 9.91. The van der Waals surface area contributed by atoms with Crippen LogP contribution in [-0.2, 0) is 9.53 Å². The number of likely N-dealkylation sites (N-methyl/N-ethyl adjacent to an activating group) is 1. The van der Waals surface area contributed by atoms with E-state index in [1.165, 1.54) is 23.1 Å². The van der Waals surface area contributed by atoms with E-state index in [0.717, 1.165) is 11.1 Å². The number of ether oxygens (including phenoxy) is 1. The summed E-state index contributed by atoms with van der Waals surface area (Å²) in [5, 5.41) is 2.96. The molecule has 37 heavy (non-hydrogen) atoms. The third-order valence-corrected chi connectivity index (χ3v) is 6.99. The first-order chi connectivity index (χ1) is 17.7. The van der Waals surface area contributed by atoms with Crippen LogP contribution in [0.2, 0.25) is 0 Å². The fourth-order valence-electron chi connectivity index (χ4n) is 5.02. The van der Waals surface area contributed by atoms with Gasteiger partial charge in [-0.2, -0.15) is 0 Å². The normalized spacial score (nSPS) is 20.6. The molecular formula is C28H33FN4O4. The summed E-state index contributed by atoms with van der Waals surface area (Å²) >= 11 is 0. The number of aryl methyl sites for hydroxylation is 1. The van der Waals surface area contributed by atoms with Gasteiger partial charge in [-0.1, -0.05) is 30.3 Å². The molecule has 2 unspecified atom stereocenters. The Morgan fingerprint density at radius 3 is 2.57 bits per heavy atom. The van der Waals surface area contributed by atoms with Crippen LogP contribution < -0.4 is 5.32 Å². The Morgan fingerprint density at radius 1 is 1.14 bits per heavy atom. The van der Waals surface area contributed by atoms with E-state index in [2.05, 4.69) is 10.2 Å². The number of hydrogen-bond donors (Lipinski definition) is 1. The van der Waals surface area contributed by atoms with Crippen LogP contribution in [0.5, 0.6) is 0 Å². The molecule has 0 aromatic heterocycles. The van der Waals surface area contributed by atoms with Gasteiger partial charge in [-0.05, 0) is 50.1 Å². The predicted molar refractivity (Wildman–Crippen MR) is 137 cm³/mol. The second-order valence-electron chi connectivity index (χ2n) is 9.47. The maximum absolute atomic E-state index is 13.7. The molecule has 8 nitrogen and oxygen atoms in total. The number of esters is 1. The Labute approximate surface area is 216 Å². The number of hydrogen-bond acceptors (Lipinski definition) is 5. The van der Waals surface area contributed by atoms with Gasteiger partial charge in [-0.15, -0.1) is 0 Å². The number of nitrogens with one attached hydrogen (secondary N) is 1. The minimum absolute atomic E-state index is 0.147. The molecule has 0 aliphatic carbocycles. The topological polar surface area (TPSA) is 82.2 Å². The van der Waals surface area contributed by atoms with Gasteiger partial charge in [0.05, 0.1) is 18.2 Å². The first-order valence-electron chi connectivity index (χ1n) is 12.5. The molecule has 0 saturated carbocycles. The largest absolute Gasteiger partial charge is 0.463 e. The van der Waals surface area contributed by atoms with Crippen molar-refractivity contribution in [3.05, 3.63) is 82.3 Å². The Kier molecular flexibility index (Phi) is 7.92. The van der Waals surface area contributed by atoms with Crippen LogP contribution in [0.4, 0.5) is 9.18 Å². The molecule has 2 aromatic carbocycles. The maximum Gasteiger partial charge on any atom is 0.338 e. The lowest BCUT2D eigenvalue weighted by Crippen LogP contribution is -2.56. The van der Waals surface area contributed by atoms with Crippen LogP contribution in [0, 0.1) is 12.7 Å². The van der Waals surface area contributed by atoms with Gasteiger partial charge in [0.25, 0.3) is 5.91 Å². The minimum Gasteiger partial charge on any atom is -0.463 e. The van der Waals surface area contributed by atoms with Crippen LogP contribution in [0.3, 0.4) is 0 Å². The molecule has 2 heterocycles. The van der Waals surface area contributed by atoms with Gasteiger partial charge in [0, 0.05) is 50.5 Å². The standard InChI is InChI=1S/C28H33FN4O4/c1-5-37-27(35)24-23(31(4)28(36)30-25(24)22-12-7-6-9-18(22)2)17-32-13-14-33(19(3)16-32)26(34)20-10-8-11-21(29)15-20/h6-12,15,19,25H,5,13-14,16-17H2,1-4H3,(H,30,36). The fourth-order valence-corrected chi connectivity index (χ4v) is 5.02. The van der Waals surface area contributed by atoms with E-state index in [1.54, 1.807) is 24.9 Å². The Balaban J connectivity index is 1.61. The monoisotopic (exact) mass is 508 g/mol. The van der Waals surface area contributed by atoms with E-state index in [1.807, 2.05) is 38.1 Å². The molecule has 2 aliphatic rings. The molecule has 9 heteroatoms. The first-order valence-corrected chi connectivity index (χ1v) is 12.5. The number of halogens is 1. The van der Waals surface area contributed by atoms with Crippen molar-refractivity contribution in [1.82, 2.24) is 20.0 Å². The van der Waals surface area contributed by atoms with Crippen LogP contribution in [0.25, 0.3) is 0 Å². The van der Waals surface area contributed by atoms with Crippen molar-refractivity contribution >= 4 is 17.9 Å². The molecule has 0 spiro atoms. The van der Waals surface area contributed by atoms with Gasteiger partial charge in [-0.3, -0.25) is 14.6 Å². The first kappa shape index (κ1) is 26.3. The number of benzene rings is 2. The number of carbonyl (C=O) groups excluding carboxylic acids is 3. The molecule has 1 N–H and O–H groups in total. The fraction of sp³-hybridized carbons (Fsp3) is 0.393. The Bertz CT molecular complexity index is 1230. The predicted octanol–water partition coefficient (Wildman–Crippen LogP) is 3.49. The summed E-state index contributed by atoms with van der Waals surface area (Å²) in [7, 11) is 1.64. The van der Waals surface area contributed by atoms with Gasteiger partial charge in [0.2, 0.25) is 0 Å². The summed E-state index contributed by atoms with van der Waals surface area (Å²) in [6, 6.07) is 12.3. The van der Waals surface area contributed by atoms with Crippen molar-refractivity contribution in [3.8, 4) is 0 Å². The molecule has 0 bridgehead atoms. The smallest absolute Gasteiger partial charge is 0.338 e. The summed E-state index contributed by atoms with van der Waals surface area (Å²) in [4.78, 5) is 44.5. The summed E-state index contributed by atoms with van der Waals surface area (Å²) < 4.78 is 19.1. The van der Waals surface area contributed by atoms with Crippen molar-refractivity contribution in [1.29, 1.82) is 0 Å². The van der Waals surface area contributed by atoms with Crippen molar-refractivity contribution in [2.75, 3.05) is 39.8 Å². The van der Waals surface area contributed by atoms with Gasteiger partial charge < -0.3 is 15.0 Å². The lowest BCUT2D eigenvalue weighted by Gasteiger charge is -2.42. The van der Waals surface area contributed by atoms with Gasteiger partial charge in [0.1, 0.15) is 5.82 Å². The Hall–Kier alpha value is -3.72. The van der Waals surface area contributed by atoms with E-state index < -0.39 is 17.8 Å². The number of urea groups is 1. The van der Waals surface area contributed by atoms with Crippen molar-refractivity contribution < 1.29 is 23.5 Å². The van der Waals surface area contributed by atoms with Crippen LogP contribution in [-0.4, -0.2) is 78.5 Å². The van der Waals surface area contributed by atoms with Gasteiger partial charge in [-0.25, -0.2) is 14.0 Å². The highest BCUT2D eigenvalue weighted by atomic mass is 19.1. The number of nitrogens with zero attached hydrogens (tertiary/aromatic N) is 3. The quantitative estimate of drug-likeness (QED) is 0.604. The number of carbonyl (C=O) groups is 3. The average Bonchev–Trinajstić information content (AvgIpc) is 2.87. The molecule has 3 amide bonds. The van der Waals surface area contributed by atoms with Crippen molar-refractivity contribution in [2.45, 2.75) is 32.9 Å². The molecule has 0 radical (unpaired) electrons. The van der Waals surface area contributed by atoms with Crippen LogP contribution in [0.1, 0.15) is 41.4 Å². The third kappa shape index (κ3) is 5.51. The highest BCUT2D eigenvalue weighted by Gasteiger charge is 2.39. The average molecular weight is 509 g/mol. The summed E-state index contributed by atoms with van der Waals surface area (Å²) in [6.45, 7) is 7.70. The van der Waals surface area contributed by atoms with E-state index >= 15 is 0 Å². The van der Waals surface area contributed by atoms with E-state index in [-0.39, 0.29) is 24.6 Å². The van der Waals surface area contributed by atoms with E-state index in [0.29, 0.717) is 43.0 Å². The number of rotatable bonds is 6. The van der Waals surface area contributed by atoms with Crippen LogP contribution in [0.15, 0.2) is 59.8 Å². The summed E-state index contributed by atoms with van der Waals surface area (Å²) in [5.74, 6) is -1.13. The highest BCUT2D eigenvalue weighted by molar-refractivity contribution is 5.95. The zero-order valence-corrected chi connectivity index (χ0v) is 21.7. The van der Waals surface area contributed by atoms with Crippen molar-refractivity contribution in [2.24, 2.45) is 0 Å². The summed E-state index contributed by atoms with van der Waals surface area (Å²) in [5.41, 5.74) is 3.09. The lowest BCUT2D eigenvalue weighted by molar-refractivity contribution is -0.139. The molecule has 4 rings (SSSR count). The zero-order valence-electron chi connectivity index (χ0n) is 21.7. The van der Waals surface area contributed by atoms with E-state index in [9.17, 15) is 18.8 Å². The van der Waals surface area contributed by atoms with E-state index in [4.69, 9.17) is 4.74 Å². The van der Waals surface area contributed by atoms with Crippen LogP contribution >= 0.6 is 0 Å². The molecule has 1 saturated heterocycles.